The van der Waals surface area contributed by atoms with E-state index in [1.54, 1.807) is 0 Å². The zero-order valence-electron chi connectivity index (χ0n) is 15.4. The molecule has 3 aromatic rings. The molecule has 0 amide bonds. The van der Waals surface area contributed by atoms with Crippen molar-refractivity contribution in [3.8, 4) is 0 Å². The van der Waals surface area contributed by atoms with Gasteiger partial charge in [0.15, 0.2) is 0 Å². The van der Waals surface area contributed by atoms with E-state index in [0.29, 0.717) is 12.6 Å². The van der Waals surface area contributed by atoms with Gasteiger partial charge in [-0.05, 0) is 0 Å². The van der Waals surface area contributed by atoms with Crippen LogP contribution in [-0.2, 0) is 0 Å². The summed E-state index contributed by atoms with van der Waals surface area (Å²) in [6.07, 6.45) is -3.45. The molecule has 0 atom stereocenters. The number of hydrogen-bond acceptors (Lipinski definition) is 0. The van der Waals surface area contributed by atoms with Crippen molar-refractivity contribution in [3.05, 3.63) is 91.0 Å². The van der Waals surface area contributed by atoms with Gasteiger partial charge < -0.3 is 0 Å². The Morgan fingerprint density at radius 3 is 1.29 bits per heavy atom. The quantitative estimate of drug-likeness (QED) is 0.190. The number of hydrogen-bond donors (Lipinski definition) is 0. The molecule has 0 spiro atoms. The van der Waals surface area contributed by atoms with Gasteiger partial charge in [0, 0.05) is 0 Å². The first kappa shape index (κ1) is 21.3. The predicted octanol–water partition coefficient (Wildman–Crippen LogP) is 6.60. The van der Waals surface area contributed by atoms with Crippen LogP contribution in [0.3, 0.4) is 0 Å². The number of benzene rings is 3. The number of alkyl halides is 3. The summed E-state index contributed by atoms with van der Waals surface area (Å²) in [4.78, 5) is 0. The fourth-order valence-corrected chi connectivity index (χ4v) is 12.6. The summed E-state index contributed by atoms with van der Waals surface area (Å²) in [5.41, 5.74) is 0. The zero-order valence-corrected chi connectivity index (χ0v) is 18.5. The van der Waals surface area contributed by atoms with E-state index in [2.05, 4.69) is 58.4 Å². The van der Waals surface area contributed by atoms with E-state index in [1.807, 2.05) is 54.6 Å². The van der Waals surface area contributed by atoms with E-state index in [9.17, 15) is 13.2 Å². The Hall–Kier alpha value is -1.39. The topological polar surface area (TPSA) is 0 Å². The minimum absolute atomic E-state index is 0.150. The monoisotopic (exact) mass is 514 g/mol. The van der Waals surface area contributed by atoms with Gasteiger partial charge >= 0.3 is 178 Å². The molecule has 0 fully saturated rings. The molecule has 0 unspecified atom stereocenters. The van der Waals surface area contributed by atoms with Crippen LogP contribution >= 0.6 is 26.3 Å². The first-order valence-corrected chi connectivity index (χ1v) is 14.5. The Balaban J connectivity index is 2.16. The molecule has 3 aromatic carbocycles. The van der Waals surface area contributed by atoms with Crippen LogP contribution in [0.1, 0.15) is 19.3 Å². The Labute approximate surface area is 177 Å². The van der Waals surface area contributed by atoms with Crippen LogP contribution in [-0.4, -0.2) is 12.3 Å². The third kappa shape index (κ3) is 4.28. The Kier molecular flexibility index (Phi) is 6.51. The second-order valence-corrected chi connectivity index (χ2v) is 17.7. The minimum atomic E-state index is -4.10. The molecule has 28 heavy (non-hydrogen) atoms. The average molecular weight is 514 g/mol. The van der Waals surface area contributed by atoms with Gasteiger partial charge in [-0.15, -0.1) is 0 Å². The fraction of sp³-hybridized carbons (Fsp3) is 0.217. The van der Waals surface area contributed by atoms with E-state index in [-0.39, 0.29) is 6.42 Å². The molecule has 3 rings (SSSR count). The summed E-state index contributed by atoms with van der Waals surface area (Å²) in [6.45, 7) is 0. The molecule has 0 aromatic heterocycles. The van der Waals surface area contributed by atoms with Crippen molar-refractivity contribution in [2.24, 2.45) is 0 Å². The molecular formula is C23H23F3IP. The normalized spacial score (nSPS) is 13.6. The first-order chi connectivity index (χ1) is 13.3. The SMILES string of the molecule is FC(F)(F)CCCCP(I)(c1ccccc1)(c1ccccc1)c1ccccc1. The predicted molar refractivity (Wildman–Crippen MR) is 124 cm³/mol. The Morgan fingerprint density at radius 1 is 0.607 bits per heavy atom. The molecule has 0 aliphatic rings. The van der Waals surface area contributed by atoms with Crippen molar-refractivity contribution in [3.63, 3.8) is 0 Å². The standard InChI is InChI=1S/C23H23F3IP/c24-23(25,26)18-10-11-19-28(27,20-12-4-1-5-13-20,21-14-6-2-7-15-21)22-16-8-3-9-17-22/h1-9,12-17H,10-11,18-19H2. The zero-order chi connectivity index (χ0) is 20.1. The first-order valence-electron chi connectivity index (χ1n) is 9.31. The van der Waals surface area contributed by atoms with Crippen LogP contribution in [0.15, 0.2) is 91.0 Å². The number of rotatable bonds is 7. The van der Waals surface area contributed by atoms with Gasteiger partial charge in [0.2, 0.25) is 0 Å². The van der Waals surface area contributed by atoms with Crippen LogP contribution < -0.4 is 15.9 Å². The summed E-state index contributed by atoms with van der Waals surface area (Å²) in [7, 11) is 0. The van der Waals surface area contributed by atoms with Gasteiger partial charge in [-0.25, -0.2) is 0 Å². The maximum atomic E-state index is 12.7. The van der Waals surface area contributed by atoms with Crippen LogP contribution in [0.4, 0.5) is 13.2 Å². The van der Waals surface area contributed by atoms with Crippen LogP contribution in [0, 0.1) is 0 Å². The molecule has 0 aliphatic heterocycles. The number of halogens is 4. The molecule has 0 saturated carbocycles. The molecule has 0 nitrogen and oxygen atoms in total. The van der Waals surface area contributed by atoms with E-state index >= 15 is 0 Å². The molecule has 0 aliphatic carbocycles. The molecule has 0 saturated heterocycles. The molecular weight excluding hydrogens is 491 g/mol. The van der Waals surface area contributed by atoms with Gasteiger partial charge in [0.05, 0.1) is 0 Å². The molecule has 0 radical (unpaired) electrons. The third-order valence-electron chi connectivity index (χ3n) is 5.17. The van der Waals surface area contributed by atoms with Gasteiger partial charge in [-0.3, -0.25) is 0 Å². The summed E-state index contributed by atoms with van der Waals surface area (Å²) in [5.74, 6) is 0. The van der Waals surface area contributed by atoms with Crippen molar-refractivity contribution in [1.82, 2.24) is 0 Å². The Morgan fingerprint density at radius 2 is 0.964 bits per heavy atom. The molecule has 0 bridgehead atoms. The van der Waals surface area contributed by atoms with Crippen molar-refractivity contribution in [2.45, 2.75) is 25.4 Å². The molecule has 5 heteroatoms. The van der Waals surface area contributed by atoms with Crippen LogP contribution in [0.25, 0.3) is 0 Å². The van der Waals surface area contributed by atoms with Gasteiger partial charge in [0.25, 0.3) is 0 Å². The summed E-state index contributed by atoms with van der Waals surface area (Å²) in [5, 5.41) is 3.62. The van der Waals surface area contributed by atoms with E-state index in [4.69, 9.17) is 0 Å². The molecule has 0 N–H and O–H groups in total. The van der Waals surface area contributed by atoms with E-state index in [1.165, 1.54) is 15.9 Å². The maximum absolute atomic E-state index is 12.7. The van der Waals surface area contributed by atoms with Crippen LogP contribution in [0.5, 0.6) is 0 Å². The van der Waals surface area contributed by atoms with E-state index in [0.717, 1.165) is 0 Å². The van der Waals surface area contributed by atoms with Gasteiger partial charge in [0.1, 0.15) is 0 Å². The van der Waals surface area contributed by atoms with Crippen molar-refractivity contribution < 1.29 is 13.2 Å². The van der Waals surface area contributed by atoms with Gasteiger partial charge in [-0.2, -0.15) is 0 Å². The third-order valence-corrected chi connectivity index (χ3v) is 16.9. The summed E-state index contributed by atoms with van der Waals surface area (Å²) >= 11 is 2.62. The Bertz CT molecular complexity index is 781. The second kappa shape index (κ2) is 8.54. The fourth-order valence-electron chi connectivity index (χ4n) is 3.79. The second-order valence-electron chi connectivity index (χ2n) is 6.99. The van der Waals surface area contributed by atoms with Crippen molar-refractivity contribution in [2.75, 3.05) is 6.16 Å². The average Bonchev–Trinajstić information content (AvgIpc) is 2.72. The summed E-state index contributed by atoms with van der Waals surface area (Å²) < 4.78 is 35.3. The van der Waals surface area contributed by atoms with E-state index < -0.39 is 16.8 Å². The van der Waals surface area contributed by atoms with Gasteiger partial charge in [-0.1, -0.05) is 0 Å². The van der Waals surface area contributed by atoms with Crippen molar-refractivity contribution >= 4 is 42.2 Å². The molecule has 0 heterocycles. The van der Waals surface area contributed by atoms with Crippen LogP contribution in [0.2, 0.25) is 0 Å². The van der Waals surface area contributed by atoms with Crippen molar-refractivity contribution in [1.29, 1.82) is 0 Å². The number of unbranched alkanes of at least 4 members (excludes halogenated alkanes) is 1. The summed E-state index contributed by atoms with van der Waals surface area (Å²) in [6, 6.07) is 30.9. The molecule has 148 valence electrons.